The number of carbonyl (C=O) groups is 1. The highest BCUT2D eigenvalue weighted by molar-refractivity contribution is 7.17. The molecule has 1 N–H and O–H groups in total. The average Bonchev–Trinajstić information content (AvgIpc) is 2.81. The van der Waals surface area contributed by atoms with E-state index in [1.54, 1.807) is 6.20 Å². The van der Waals surface area contributed by atoms with E-state index in [9.17, 15) is 4.79 Å². The maximum absolute atomic E-state index is 12.4. The Labute approximate surface area is 147 Å². The second-order valence-corrected chi connectivity index (χ2v) is 7.16. The van der Waals surface area contributed by atoms with E-state index in [2.05, 4.69) is 20.2 Å². The van der Waals surface area contributed by atoms with Gasteiger partial charge in [-0.05, 0) is 45.0 Å². The first-order valence-corrected chi connectivity index (χ1v) is 9.45. The summed E-state index contributed by atoms with van der Waals surface area (Å²) in [6.07, 6.45) is 6.95. The molecule has 0 aliphatic carbocycles. The molecule has 2 aromatic heterocycles. The van der Waals surface area contributed by atoms with Crippen LogP contribution in [0.4, 0.5) is 0 Å². The van der Waals surface area contributed by atoms with Gasteiger partial charge < -0.3 is 10.2 Å². The Hall–Kier alpha value is -1.79. The molecule has 1 amide bonds. The highest BCUT2D eigenvalue weighted by Gasteiger charge is 2.17. The van der Waals surface area contributed by atoms with Gasteiger partial charge in [0.1, 0.15) is 9.88 Å². The Morgan fingerprint density at radius 2 is 2.04 bits per heavy atom. The van der Waals surface area contributed by atoms with Crippen LogP contribution >= 0.6 is 11.3 Å². The van der Waals surface area contributed by atoms with E-state index in [0.29, 0.717) is 11.4 Å². The van der Waals surface area contributed by atoms with Gasteiger partial charge in [-0.1, -0.05) is 18.9 Å². The second kappa shape index (κ2) is 8.35. The topological polar surface area (TPSA) is 58.1 Å². The lowest BCUT2D eigenvalue weighted by atomic mass is 10.2. The minimum Gasteiger partial charge on any atom is -0.350 e. The number of aromatic nitrogens is 2. The van der Waals surface area contributed by atoms with Crippen LogP contribution in [0.3, 0.4) is 0 Å². The summed E-state index contributed by atoms with van der Waals surface area (Å²) in [4.78, 5) is 24.4. The third-order valence-corrected chi connectivity index (χ3v) is 5.48. The summed E-state index contributed by atoms with van der Waals surface area (Å²) in [7, 11) is 0. The average molecular weight is 344 g/mol. The van der Waals surface area contributed by atoms with Crippen LogP contribution in [0, 0.1) is 6.92 Å². The number of hydrogen-bond acceptors (Lipinski definition) is 5. The number of thiazole rings is 1. The lowest BCUT2D eigenvalue weighted by Crippen LogP contribution is -2.35. The summed E-state index contributed by atoms with van der Waals surface area (Å²) in [6, 6.07) is 5.72. The van der Waals surface area contributed by atoms with Gasteiger partial charge in [-0.2, -0.15) is 0 Å². The Bertz CT molecular complexity index is 663. The zero-order valence-corrected chi connectivity index (χ0v) is 14.9. The fourth-order valence-electron chi connectivity index (χ4n) is 2.97. The molecule has 24 heavy (non-hydrogen) atoms. The molecule has 1 aliphatic rings. The number of aryl methyl sites for hydroxylation is 1. The summed E-state index contributed by atoms with van der Waals surface area (Å²) in [5.74, 6) is -0.0259. The first kappa shape index (κ1) is 17.0. The molecule has 0 radical (unpaired) electrons. The maximum atomic E-state index is 12.4. The Morgan fingerprint density at radius 3 is 2.75 bits per heavy atom. The number of likely N-dealkylation sites (tertiary alicyclic amines) is 1. The highest BCUT2D eigenvalue weighted by atomic mass is 32.1. The Kier molecular flexibility index (Phi) is 5.93. The van der Waals surface area contributed by atoms with Gasteiger partial charge in [0.05, 0.1) is 11.4 Å². The third kappa shape index (κ3) is 4.39. The molecular formula is C18H24N4OS. The number of pyridine rings is 1. The SMILES string of the molecule is Cc1nc(-c2ccccn2)sc1C(=O)NCCN1CCCCCC1. The van der Waals surface area contributed by atoms with Crippen LogP contribution < -0.4 is 5.32 Å². The molecule has 5 nitrogen and oxygen atoms in total. The molecule has 0 spiro atoms. The second-order valence-electron chi connectivity index (χ2n) is 6.16. The molecule has 128 valence electrons. The quantitative estimate of drug-likeness (QED) is 0.905. The molecule has 1 saturated heterocycles. The fraction of sp³-hybridized carbons (Fsp3) is 0.500. The van der Waals surface area contributed by atoms with Crippen molar-refractivity contribution in [3.05, 3.63) is 35.0 Å². The lowest BCUT2D eigenvalue weighted by molar-refractivity contribution is 0.0952. The monoisotopic (exact) mass is 344 g/mol. The van der Waals surface area contributed by atoms with Crippen molar-refractivity contribution in [1.29, 1.82) is 0 Å². The molecule has 1 aliphatic heterocycles. The van der Waals surface area contributed by atoms with Crippen LogP contribution in [0.15, 0.2) is 24.4 Å². The van der Waals surface area contributed by atoms with Gasteiger partial charge in [-0.25, -0.2) is 4.98 Å². The molecule has 3 rings (SSSR count). The van der Waals surface area contributed by atoms with Crippen LogP contribution in [0.5, 0.6) is 0 Å². The van der Waals surface area contributed by atoms with Gasteiger partial charge in [-0.3, -0.25) is 9.78 Å². The molecule has 2 aromatic rings. The van der Waals surface area contributed by atoms with Crippen molar-refractivity contribution in [2.45, 2.75) is 32.6 Å². The van der Waals surface area contributed by atoms with Crippen molar-refractivity contribution in [2.75, 3.05) is 26.2 Å². The molecule has 0 unspecified atom stereocenters. The molecule has 0 bridgehead atoms. The number of nitrogens with one attached hydrogen (secondary N) is 1. The maximum Gasteiger partial charge on any atom is 0.263 e. The summed E-state index contributed by atoms with van der Waals surface area (Å²) in [5.41, 5.74) is 1.59. The summed E-state index contributed by atoms with van der Waals surface area (Å²) in [5, 5.41) is 3.84. The molecule has 0 atom stereocenters. The molecule has 0 saturated carbocycles. The lowest BCUT2D eigenvalue weighted by Gasteiger charge is -2.19. The number of rotatable bonds is 5. The number of carbonyl (C=O) groups excluding carboxylic acids is 1. The van der Waals surface area contributed by atoms with Crippen molar-refractivity contribution < 1.29 is 4.79 Å². The first-order chi connectivity index (χ1) is 11.7. The van der Waals surface area contributed by atoms with Crippen LogP contribution in [0.25, 0.3) is 10.7 Å². The van der Waals surface area contributed by atoms with Crippen molar-refractivity contribution >= 4 is 17.2 Å². The van der Waals surface area contributed by atoms with E-state index in [-0.39, 0.29) is 5.91 Å². The van der Waals surface area contributed by atoms with Crippen LogP contribution in [0.2, 0.25) is 0 Å². The van der Waals surface area contributed by atoms with Gasteiger partial charge in [-0.15, -0.1) is 11.3 Å². The highest BCUT2D eigenvalue weighted by Crippen LogP contribution is 2.26. The predicted molar refractivity (Wildman–Crippen MR) is 97.3 cm³/mol. The van der Waals surface area contributed by atoms with Gasteiger partial charge in [0.25, 0.3) is 5.91 Å². The van der Waals surface area contributed by atoms with E-state index in [1.807, 2.05) is 25.1 Å². The van der Waals surface area contributed by atoms with Gasteiger partial charge in [0.15, 0.2) is 0 Å². The van der Waals surface area contributed by atoms with Gasteiger partial charge in [0, 0.05) is 19.3 Å². The fourth-order valence-corrected chi connectivity index (χ4v) is 3.93. The zero-order valence-electron chi connectivity index (χ0n) is 14.1. The van der Waals surface area contributed by atoms with Gasteiger partial charge >= 0.3 is 0 Å². The minimum atomic E-state index is -0.0259. The molecule has 1 fully saturated rings. The molecule has 6 heteroatoms. The van der Waals surface area contributed by atoms with Crippen molar-refractivity contribution in [1.82, 2.24) is 20.2 Å². The van der Waals surface area contributed by atoms with E-state index in [0.717, 1.165) is 36.0 Å². The summed E-state index contributed by atoms with van der Waals surface area (Å²) in [6.45, 7) is 5.80. The minimum absolute atomic E-state index is 0.0259. The third-order valence-electron chi connectivity index (χ3n) is 4.30. The predicted octanol–water partition coefficient (Wildman–Crippen LogP) is 3.12. The normalized spacial score (nSPS) is 15.9. The van der Waals surface area contributed by atoms with Crippen LogP contribution in [0.1, 0.15) is 41.0 Å². The van der Waals surface area contributed by atoms with Crippen LogP contribution in [-0.4, -0.2) is 47.0 Å². The number of hydrogen-bond donors (Lipinski definition) is 1. The molecule has 0 aromatic carbocycles. The Balaban J connectivity index is 1.56. The van der Waals surface area contributed by atoms with E-state index in [4.69, 9.17) is 0 Å². The summed E-state index contributed by atoms with van der Waals surface area (Å²) < 4.78 is 0. The van der Waals surface area contributed by atoms with E-state index in [1.165, 1.54) is 37.0 Å². The zero-order chi connectivity index (χ0) is 16.8. The van der Waals surface area contributed by atoms with Crippen molar-refractivity contribution in [3.63, 3.8) is 0 Å². The first-order valence-electron chi connectivity index (χ1n) is 8.63. The number of amides is 1. The van der Waals surface area contributed by atoms with E-state index < -0.39 is 0 Å². The standard InChI is InChI=1S/C18H24N4OS/c1-14-16(24-18(21-14)15-8-4-5-9-19-15)17(23)20-10-13-22-11-6-2-3-7-12-22/h4-5,8-9H,2-3,6-7,10-13H2,1H3,(H,20,23). The largest absolute Gasteiger partial charge is 0.350 e. The Morgan fingerprint density at radius 1 is 1.25 bits per heavy atom. The summed E-state index contributed by atoms with van der Waals surface area (Å²) >= 11 is 1.41. The number of nitrogens with zero attached hydrogens (tertiary/aromatic N) is 3. The van der Waals surface area contributed by atoms with E-state index >= 15 is 0 Å². The molecule has 3 heterocycles. The van der Waals surface area contributed by atoms with Crippen molar-refractivity contribution in [2.24, 2.45) is 0 Å². The smallest absolute Gasteiger partial charge is 0.263 e. The van der Waals surface area contributed by atoms with Gasteiger partial charge in [0.2, 0.25) is 0 Å². The van der Waals surface area contributed by atoms with Crippen molar-refractivity contribution in [3.8, 4) is 10.7 Å². The van der Waals surface area contributed by atoms with Crippen LogP contribution in [-0.2, 0) is 0 Å². The molecular weight excluding hydrogens is 320 g/mol.